The number of nitrogens with zero attached hydrogens (tertiary/aromatic N) is 1. The molecule has 0 aromatic heterocycles. The molecule has 1 saturated carbocycles. The van der Waals surface area contributed by atoms with Gasteiger partial charge in [-0.15, -0.1) is 0 Å². The van der Waals surface area contributed by atoms with Gasteiger partial charge in [0.1, 0.15) is 5.75 Å². The Labute approximate surface area is 129 Å². The molecular weight excluding hydrogens is 260 g/mol. The molecule has 2 rings (SSSR count). The van der Waals surface area contributed by atoms with Crippen molar-refractivity contribution in [3.8, 4) is 5.75 Å². The van der Waals surface area contributed by atoms with Crippen LogP contribution in [0.4, 0.5) is 0 Å². The zero-order chi connectivity index (χ0) is 15.3. The molecule has 1 aromatic rings. The molecule has 21 heavy (non-hydrogen) atoms. The van der Waals surface area contributed by atoms with E-state index < -0.39 is 0 Å². The first-order valence-corrected chi connectivity index (χ1v) is 8.18. The summed E-state index contributed by atoms with van der Waals surface area (Å²) < 4.78 is 5.48. The van der Waals surface area contributed by atoms with Crippen LogP contribution in [-0.2, 0) is 6.42 Å². The lowest BCUT2D eigenvalue weighted by Crippen LogP contribution is -2.56. The van der Waals surface area contributed by atoms with Crippen LogP contribution in [0.25, 0.3) is 0 Å². The number of benzene rings is 1. The van der Waals surface area contributed by atoms with Crippen LogP contribution in [0, 0.1) is 0 Å². The summed E-state index contributed by atoms with van der Waals surface area (Å²) >= 11 is 0. The molecule has 1 aliphatic carbocycles. The van der Waals surface area contributed by atoms with Gasteiger partial charge >= 0.3 is 0 Å². The molecule has 1 unspecified atom stereocenters. The molecule has 1 atom stereocenters. The van der Waals surface area contributed by atoms with Crippen LogP contribution < -0.4 is 10.5 Å². The SMILES string of the molecule is COc1ccccc1CC(C)N(C)C1(CN)CCCCC1. The quantitative estimate of drug-likeness (QED) is 0.874. The van der Waals surface area contributed by atoms with Crippen molar-refractivity contribution in [1.82, 2.24) is 4.90 Å². The molecule has 0 aliphatic heterocycles. The van der Waals surface area contributed by atoms with Crippen LogP contribution >= 0.6 is 0 Å². The summed E-state index contributed by atoms with van der Waals surface area (Å²) in [5.41, 5.74) is 7.63. The van der Waals surface area contributed by atoms with Gasteiger partial charge in [-0.05, 0) is 44.9 Å². The first-order valence-electron chi connectivity index (χ1n) is 8.18. The summed E-state index contributed by atoms with van der Waals surface area (Å²) in [7, 11) is 3.99. The third-order valence-corrected chi connectivity index (χ3v) is 5.28. The van der Waals surface area contributed by atoms with Crippen molar-refractivity contribution < 1.29 is 4.74 Å². The molecule has 118 valence electrons. The summed E-state index contributed by atoms with van der Waals surface area (Å²) in [6.45, 7) is 3.07. The van der Waals surface area contributed by atoms with Gasteiger partial charge in [-0.2, -0.15) is 0 Å². The zero-order valence-corrected chi connectivity index (χ0v) is 13.8. The Morgan fingerprint density at radius 1 is 1.24 bits per heavy atom. The highest BCUT2D eigenvalue weighted by Gasteiger charge is 2.36. The van der Waals surface area contributed by atoms with Gasteiger partial charge in [-0.1, -0.05) is 37.5 Å². The molecule has 0 bridgehead atoms. The molecule has 0 heterocycles. The van der Waals surface area contributed by atoms with E-state index in [0.717, 1.165) is 18.7 Å². The van der Waals surface area contributed by atoms with Gasteiger partial charge < -0.3 is 10.5 Å². The van der Waals surface area contributed by atoms with Crippen LogP contribution in [0.5, 0.6) is 5.75 Å². The third kappa shape index (κ3) is 3.58. The lowest BCUT2D eigenvalue weighted by atomic mass is 9.79. The monoisotopic (exact) mass is 290 g/mol. The number of para-hydroxylation sites is 1. The van der Waals surface area contributed by atoms with Gasteiger partial charge in [-0.3, -0.25) is 4.90 Å². The van der Waals surface area contributed by atoms with Crippen molar-refractivity contribution in [1.29, 1.82) is 0 Å². The Hall–Kier alpha value is -1.06. The molecular formula is C18H30N2O. The summed E-state index contributed by atoms with van der Waals surface area (Å²) in [5.74, 6) is 0.989. The molecule has 0 saturated heterocycles. The van der Waals surface area contributed by atoms with Gasteiger partial charge in [0.2, 0.25) is 0 Å². The van der Waals surface area contributed by atoms with Crippen molar-refractivity contribution in [2.45, 2.75) is 57.0 Å². The zero-order valence-electron chi connectivity index (χ0n) is 13.8. The minimum atomic E-state index is 0.194. The number of methoxy groups -OCH3 is 1. The topological polar surface area (TPSA) is 38.5 Å². The van der Waals surface area contributed by atoms with E-state index in [1.54, 1.807) is 7.11 Å². The van der Waals surface area contributed by atoms with E-state index in [2.05, 4.69) is 31.0 Å². The molecule has 3 nitrogen and oxygen atoms in total. The van der Waals surface area contributed by atoms with Gasteiger partial charge in [0.15, 0.2) is 0 Å². The smallest absolute Gasteiger partial charge is 0.122 e. The van der Waals surface area contributed by atoms with Crippen molar-refractivity contribution in [3.05, 3.63) is 29.8 Å². The summed E-state index contributed by atoms with van der Waals surface area (Å²) in [4.78, 5) is 2.53. The van der Waals surface area contributed by atoms with Crippen LogP contribution in [-0.4, -0.2) is 37.2 Å². The predicted molar refractivity (Wildman–Crippen MR) is 88.8 cm³/mol. The Balaban J connectivity index is 2.09. The van der Waals surface area contributed by atoms with E-state index in [0.29, 0.717) is 6.04 Å². The number of rotatable bonds is 6. The maximum atomic E-state index is 6.16. The maximum Gasteiger partial charge on any atom is 0.122 e. The van der Waals surface area contributed by atoms with Gasteiger partial charge in [0.05, 0.1) is 7.11 Å². The lowest BCUT2D eigenvalue weighted by Gasteiger charge is -2.47. The fraction of sp³-hybridized carbons (Fsp3) is 0.667. The molecule has 1 aromatic carbocycles. The molecule has 0 radical (unpaired) electrons. The first kappa shape index (κ1) is 16.3. The standard InChI is InChI=1S/C18H30N2O/c1-15(13-16-9-5-6-10-17(16)21-3)20(2)18(14-19)11-7-4-8-12-18/h5-6,9-10,15H,4,7-8,11-14,19H2,1-3H3. The first-order chi connectivity index (χ1) is 10.1. The number of hydrogen-bond acceptors (Lipinski definition) is 3. The van der Waals surface area contributed by atoms with E-state index in [9.17, 15) is 0 Å². The third-order valence-electron chi connectivity index (χ3n) is 5.28. The number of ether oxygens (including phenoxy) is 1. The summed E-state index contributed by atoms with van der Waals surface area (Å²) in [5, 5.41) is 0. The average Bonchev–Trinajstić information content (AvgIpc) is 2.55. The van der Waals surface area contributed by atoms with Gasteiger partial charge in [-0.25, -0.2) is 0 Å². The number of nitrogens with two attached hydrogens (primary N) is 1. The minimum Gasteiger partial charge on any atom is -0.496 e. The molecule has 1 fully saturated rings. The van der Waals surface area contributed by atoms with E-state index in [4.69, 9.17) is 10.5 Å². The Bertz CT molecular complexity index is 441. The lowest BCUT2D eigenvalue weighted by molar-refractivity contribution is 0.0495. The minimum absolute atomic E-state index is 0.194. The molecule has 2 N–H and O–H groups in total. The van der Waals surface area contributed by atoms with Crippen LogP contribution in [0.2, 0.25) is 0 Å². The Morgan fingerprint density at radius 2 is 1.90 bits per heavy atom. The fourth-order valence-electron chi connectivity index (χ4n) is 3.71. The van der Waals surface area contributed by atoms with Crippen LogP contribution in [0.15, 0.2) is 24.3 Å². The second-order valence-corrected chi connectivity index (χ2v) is 6.47. The van der Waals surface area contributed by atoms with E-state index in [1.165, 1.54) is 37.7 Å². The normalized spacial score (nSPS) is 19.5. The van der Waals surface area contributed by atoms with Gasteiger partial charge in [0, 0.05) is 18.1 Å². The van der Waals surface area contributed by atoms with E-state index >= 15 is 0 Å². The molecule has 3 heteroatoms. The van der Waals surface area contributed by atoms with Crippen molar-refractivity contribution in [2.24, 2.45) is 5.73 Å². The molecule has 0 spiro atoms. The van der Waals surface area contributed by atoms with Crippen molar-refractivity contribution in [3.63, 3.8) is 0 Å². The van der Waals surface area contributed by atoms with Crippen LogP contribution in [0.1, 0.15) is 44.6 Å². The number of likely N-dealkylation sites (N-methyl/N-ethyl adjacent to an activating group) is 1. The highest BCUT2D eigenvalue weighted by Crippen LogP contribution is 2.34. The number of hydrogen-bond donors (Lipinski definition) is 1. The second-order valence-electron chi connectivity index (χ2n) is 6.47. The van der Waals surface area contributed by atoms with Crippen LogP contribution in [0.3, 0.4) is 0 Å². The molecule has 1 aliphatic rings. The predicted octanol–water partition coefficient (Wildman–Crippen LogP) is 3.22. The highest BCUT2D eigenvalue weighted by molar-refractivity contribution is 5.33. The molecule has 0 amide bonds. The maximum absolute atomic E-state index is 6.16. The van der Waals surface area contributed by atoms with E-state index in [1.807, 2.05) is 12.1 Å². The average molecular weight is 290 g/mol. The Morgan fingerprint density at radius 3 is 2.52 bits per heavy atom. The summed E-state index contributed by atoms with van der Waals surface area (Å²) in [6.07, 6.45) is 7.44. The largest absolute Gasteiger partial charge is 0.496 e. The van der Waals surface area contributed by atoms with Crippen molar-refractivity contribution >= 4 is 0 Å². The second kappa shape index (κ2) is 7.28. The van der Waals surface area contributed by atoms with Crippen molar-refractivity contribution in [2.75, 3.05) is 20.7 Å². The van der Waals surface area contributed by atoms with E-state index in [-0.39, 0.29) is 5.54 Å². The highest BCUT2D eigenvalue weighted by atomic mass is 16.5. The summed E-state index contributed by atoms with van der Waals surface area (Å²) in [6, 6.07) is 8.78. The Kier molecular flexibility index (Phi) is 5.65. The fourth-order valence-corrected chi connectivity index (χ4v) is 3.71. The van der Waals surface area contributed by atoms with Gasteiger partial charge in [0.25, 0.3) is 0 Å².